The zero-order valence-corrected chi connectivity index (χ0v) is 13.0. The van der Waals surface area contributed by atoms with E-state index in [9.17, 15) is 9.59 Å². The molecule has 1 saturated heterocycles. The molecule has 0 atom stereocenters. The summed E-state index contributed by atoms with van der Waals surface area (Å²) in [6.07, 6.45) is 5.40. The van der Waals surface area contributed by atoms with E-state index in [-0.39, 0.29) is 23.6 Å². The minimum Gasteiger partial charge on any atom is -0.353 e. The molecule has 0 bridgehead atoms. The number of hydrogen-bond acceptors (Lipinski definition) is 3. The maximum absolute atomic E-state index is 12.0. The highest BCUT2D eigenvalue weighted by molar-refractivity contribution is 5.75. The number of amides is 1. The van der Waals surface area contributed by atoms with Crippen LogP contribution in [-0.2, 0) is 11.3 Å². The van der Waals surface area contributed by atoms with Crippen LogP contribution in [0.15, 0.2) is 29.2 Å². The number of likely N-dealkylation sites (tertiary alicyclic amines) is 1. The highest BCUT2D eigenvalue weighted by Gasteiger charge is 2.28. The summed E-state index contributed by atoms with van der Waals surface area (Å²) in [7, 11) is 0. The van der Waals surface area contributed by atoms with Gasteiger partial charge in [0.05, 0.1) is 0 Å². The number of carbonyl (C=O) groups is 1. The molecular formula is C16H25N3O2. The summed E-state index contributed by atoms with van der Waals surface area (Å²) in [5.74, 6) is -0.117. The van der Waals surface area contributed by atoms with Crippen LogP contribution in [0.25, 0.3) is 0 Å². The van der Waals surface area contributed by atoms with Gasteiger partial charge < -0.3 is 9.88 Å². The number of pyridine rings is 1. The van der Waals surface area contributed by atoms with Crippen molar-refractivity contribution in [1.82, 2.24) is 14.8 Å². The molecule has 2 rings (SSSR count). The molecule has 1 aliphatic heterocycles. The van der Waals surface area contributed by atoms with Gasteiger partial charge in [-0.3, -0.25) is 14.5 Å². The van der Waals surface area contributed by atoms with Crippen LogP contribution in [0, 0.1) is 0 Å². The SMILES string of the molecule is CC(C)(CNC(=O)Cn1ccccc1=O)N1CCCCC1. The largest absolute Gasteiger partial charge is 0.353 e. The molecule has 2 heterocycles. The quantitative estimate of drug-likeness (QED) is 0.888. The molecule has 116 valence electrons. The lowest BCUT2D eigenvalue weighted by molar-refractivity contribution is -0.122. The Morgan fingerprint density at radius 2 is 1.95 bits per heavy atom. The Bertz CT molecular complexity index is 530. The summed E-state index contributed by atoms with van der Waals surface area (Å²) in [5, 5.41) is 2.96. The molecule has 5 nitrogen and oxygen atoms in total. The van der Waals surface area contributed by atoms with Gasteiger partial charge in [-0.25, -0.2) is 0 Å². The summed E-state index contributed by atoms with van der Waals surface area (Å²) in [4.78, 5) is 26.0. The van der Waals surface area contributed by atoms with E-state index in [1.54, 1.807) is 18.3 Å². The van der Waals surface area contributed by atoms with Gasteiger partial charge in [0.2, 0.25) is 5.91 Å². The van der Waals surface area contributed by atoms with Crippen molar-refractivity contribution in [1.29, 1.82) is 0 Å². The average molecular weight is 291 g/mol. The molecule has 0 spiro atoms. The highest BCUT2D eigenvalue weighted by Crippen LogP contribution is 2.19. The fourth-order valence-corrected chi connectivity index (χ4v) is 2.73. The number of rotatable bonds is 5. The summed E-state index contributed by atoms with van der Waals surface area (Å²) in [6.45, 7) is 7.20. The van der Waals surface area contributed by atoms with E-state index in [4.69, 9.17) is 0 Å². The summed E-state index contributed by atoms with van der Waals surface area (Å²) < 4.78 is 1.42. The molecule has 1 fully saturated rings. The normalized spacial score (nSPS) is 16.7. The van der Waals surface area contributed by atoms with Crippen molar-refractivity contribution >= 4 is 5.91 Å². The zero-order valence-electron chi connectivity index (χ0n) is 13.0. The Morgan fingerprint density at radius 3 is 2.62 bits per heavy atom. The summed E-state index contributed by atoms with van der Waals surface area (Å²) in [6, 6.07) is 4.90. The monoisotopic (exact) mass is 291 g/mol. The molecule has 0 aromatic carbocycles. The van der Waals surface area contributed by atoms with Gasteiger partial charge in [0, 0.05) is 24.3 Å². The van der Waals surface area contributed by atoms with Crippen molar-refractivity contribution in [2.75, 3.05) is 19.6 Å². The standard InChI is InChI=1S/C16H25N3O2/c1-16(2,19-10-5-3-6-11-19)13-17-14(20)12-18-9-7-4-8-15(18)21/h4,7-9H,3,5-6,10-13H2,1-2H3,(H,17,20). The first kappa shape index (κ1) is 15.8. The molecule has 0 aliphatic carbocycles. The lowest BCUT2D eigenvalue weighted by Crippen LogP contribution is -2.53. The van der Waals surface area contributed by atoms with Crippen molar-refractivity contribution in [3.8, 4) is 0 Å². The van der Waals surface area contributed by atoms with Gasteiger partial charge in [0.15, 0.2) is 0 Å². The third-order valence-electron chi connectivity index (χ3n) is 4.14. The molecular weight excluding hydrogens is 266 g/mol. The minimum atomic E-state index is -0.150. The van der Waals surface area contributed by atoms with Gasteiger partial charge >= 0.3 is 0 Å². The second-order valence-corrected chi connectivity index (χ2v) is 6.30. The zero-order chi connectivity index (χ0) is 15.3. The Hall–Kier alpha value is -1.62. The molecule has 0 unspecified atom stereocenters. The predicted octanol–water partition coefficient (Wildman–Crippen LogP) is 1.23. The van der Waals surface area contributed by atoms with E-state index in [2.05, 4.69) is 24.1 Å². The van der Waals surface area contributed by atoms with Gasteiger partial charge in [-0.15, -0.1) is 0 Å². The van der Waals surface area contributed by atoms with E-state index < -0.39 is 0 Å². The molecule has 1 aliphatic rings. The molecule has 1 amide bonds. The fourth-order valence-electron chi connectivity index (χ4n) is 2.73. The third kappa shape index (κ3) is 4.43. The number of piperidine rings is 1. The second kappa shape index (κ2) is 6.89. The number of nitrogens with one attached hydrogen (secondary N) is 1. The molecule has 1 aromatic heterocycles. The van der Waals surface area contributed by atoms with Crippen LogP contribution in [0.1, 0.15) is 33.1 Å². The Balaban J connectivity index is 1.85. The molecule has 1 N–H and O–H groups in total. The summed E-state index contributed by atoms with van der Waals surface area (Å²) in [5.41, 5.74) is -0.194. The summed E-state index contributed by atoms with van der Waals surface area (Å²) >= 11 is 0. The van der Waals surface area contributed by atoms with Gasteiger partial charge in [-0.05, 0) is 45.8 Å². The topological polar surface area (TPSA) is 54.3 Å². The first-order chi connectivity index (χ1) is 9.99. The van der Waals surface area contributed by atoms with Gasteiger partial charge in [-0.2, -0.15) is 0 Å². The maximum Gasteiger partial charge on any atom is 0.250 e. The van der Waals surface area contributed by atoms with E-state index in [0.29, 0.717) is 6.54 Å². The average Bonchev–Trinajstić information content (AvgIpc) is 2.49. The maximum atomic E-state index is 12.0. The number of hydrogen-bond donors (Lipinski definition) is 1. The van der Waals surface area contributed by atoms with Crippen LogP contribution >= 0.6 is 0 Å². The van der Waals surface area contributed by atoms with Gasteiger partial charge in [0.25, 0.3) is 5.56 Å². The second-order valence-electron chi connectivity index (χ2n) is 6.30. The van der Waals surface area contributed by atoms with E-state index in [0.717, 1.165) is 13.1 Å². The lowest BCUT2D eigenvalue weighted by Gasteiger charge is -2.41. The Morgan fingerprint density at radius 1 is 1.24 bits per heavy atom. The lowest BCUT2D eigenvalue weighted by atomic mass is 9.98. The van der Waals surface area contributed by atoms with Crippen LogP contribution in [0.3, 0.4) is 0 Å². The van der Waals surface area contributed by atoms with Crippen molar-refractivity contribution in [3.63, 3.8) is 0 Å². The number of nitrogens with zero attached hydrogens (tertiary/aromatic N) is 2. The third-order valence-corrected chi connectivity index (χ3v) is 4.14. The van der Waals surface area contributed by atoms with Crippen LogP contribution in [-0.4, -0.2) is 40.5 Å². The highest BCUT2D eigenvalue weighted by atomic mass is 16.2. The molecule has 0 saturated carbocycles. The van der Waals surface area contributed by atoms with E-state index in [1.165, 1.54) is 29.9 Å². The molecule has 5 heteroatoms. The fraction of sp³-hybridized carbons (Fsp3) is 0.625. The van der Waals surface area contributed by atoms with Crippen LogP contribution in [0.4, 0.5) is 0 Å². The Kier molecular flexibility index (Phi) is 5.17. The molecule has 21 heavy (non-hydrogen) atoms. The van der Waals surface area contributed by atoms with E-state index in [1.807, 2.05) is 0 Å². The van der Waals surface area contributed by atoms with Crippen LogP contribution in [0.5, 0.6) is 0 Å². The van der Waals surface area contributed by atoms with Crippen molar-refractivity contribution in [2.45, 2.75) is 45.2 Å². The van der Waals surface area contributed by atoms with E-state index >= 15 is 0 Å². The predicted molar refractivity (Wildman–Crippen MR) is 83.2 cm³/mol. The van der Waals surface area contributed by atoms with Crippen molar-refractivity contribution in [2.24, 2.45) is 0 Å². The molecule has 0 radical (unpaired) electrons. The van der Waals surface area contributed by atoms with Crippen molar-refractivity contribution in [3.05, 3.63) is 34.7 Å². The minimum absolute atomic E-state index is 0.0439. The molecule has 1 aromatic rings. The van der Waals surface area contributed by atoms with Gasteiger partial charge in [0.1, 0.15) is 6.54 Å². The number of carbonyl (C=O) groups excluding carboxylic acids is 1. The Labute approximate surface area is 126 Å². The first-order valence-corrected chi connectivity index (χ1v) is 7.66. The van der Waals surface area contributed by atoms with Gasteiger partial charge in [-0.1, -0.05) is 12.5 Å². The van der Waals surface area contributed by atoms with Crippen LogP contribution < -0.4 is 10.9 Å². The number of aromatic nitrogens is 1. The first-order valence-electron chi connectivity index (χ1n) is 7.66. The van der Waals surface area contributed by atoms with Crippen molar-refractivity contribution < 1.29 is 4.79 Å². The van der Waals surface area contributed by atoms with Crippen LogP contribution in [0.2, 0.25) is 0 Å². The smallest absolute Gasteiger partial charge is 0.250 e.